The fraction of sp³-hybridized carbons (Fsp3) is 0.304. The van der Waals surface area contributed by atoms with Gasteiger partial charge in [0.1, 0.15) is 11.5 Å². The van der Waals surface area contributed by atoms with Gasteiger partial charge in [-0.2, -0.15) is 8.78 Å². The second-order valence-corrected chi connectivity index (χ2v) is 7.97. The molecule has 0 aliphatic rings. The van der Waals surface area contributed by atoms with E-state index in [0.29, 0.717) is 28.6 Å². The van der Waals surface area contributed by atoms with Crippen molar-refractivity contribution in [3.8, 4) is 11.5 Å². The molecule has 3 rings (SSSR count). The molecule has 0 spiro atoms. The summed E-state index contributed by atoms with van der Waals surface area (Å²) in [5.74, 6) is -3.04. The minimum Gasteiger partial charge on any atom is -0.506 e. The zero-order valence-corrected chi connectivity index (χ0v) is 18.4. The Bertz CT molecular complexity index is 1170. The minimum absolute atomic E-state index is 0.00620. The smallest absolute Gasteiger partial charge is 0.387 e. The molecule has 9 heteroatoms. The normalized spacial score (nSPS) is 13.3. The van der Waals surface area contributed by atoms with Gasteiger partial charge in [-0.3, -0.25) is 14.2 Å². The van der Waals surface area contributed by atoms with Crippen LogP contribution in [0.25, 0.3) is 10.9 Å². The Morgan fingerprint density at radius 3 is 2.34 bits per heavy atom. The van der Waals surface area contributed by atoms with Crippen molar-refractivity contribution in [2.24, 2.45) is 5.92 Å². The Morgan fingerprint density at radius 2 is 1.81 bits per heavy atom. The summed E-state index contributed by atoms with van der Waals surface area (Å²) in [6, 6.07) is 7.96. The molecule has 1 aromatic heterocycles. The maximum Gasteiger partial charge on any atom is 0.387 e. The molecule has 0 aliphatic heterocycles. The van der Waals surface area contributed by atoms with Crippen LogP contribution in [0, 0.1) is 12.8 Å². The number of fused-ring (bicyclic) bond motifs is 1. The summed E-state index contributed by atoms with van der Waals surface area (Å²) in [7, 11) is 0. The van der Waals surface area contributed by atoms with Gasteiger partial charge in [0.05, 0.1) is 16.5 Å². The lowest BCUT2D eigenvalue weighted by atomic mass is 9.84. The van der Waals surface area contributed by atoms with Crippen molar-refractivity contribution < 1.29 is 33.3 Å². The van der Waals surface area contributed by atoms with Crippen LogP contribution in [0.2, 0.25) is 5.02 Å². The largest absolute Gasteiger partial charge is 0.506 e. The molecule has 1 heterocycles. The van der Waals surface area contributed by atoms with E-state index in [-0.39, 0.29) is 28.0 Å². The van der Waals surface area contributed by atoms with Crippen LogP contribution in [0.15, 0.2) is 36.4 Å². The fourth-order valence-electron chi connectivity index (χ4n) is 3.90. The van der Waals surface area contributed by atoms with Gasteiger partial charge < -0.3 is 14.9 Å². The Labute approximate surface area is 188 Å². The number of carboxylic acid groups (broad SMARTS) is 1. The number of halogens is 3. The Hall–Kier alpha value is -3.13. The quantitative estimate of drug-likeness (QED) is 0.459. The van der Waals surface area contributed by atoms with E-state index in [1.54, 1.807) is 13.8 Å². The lowest BCUT2D eigenvalue weighted by Gasteiger charge is -2.20. The second-order valence-electron chi connectivity index (χ2n) is 7.56. The van der Waals surface area contributed by atoms with Gasteiger partial charge in [0, 0.05) is 16.6 Å². The molecular weight excluding hydrogens is 444 g/mol. The molecule has 0 radical (unpaired) electrons. The summed E-state index contributed by atoms with van der Waals surface area (Å²) in [6.07, 6.45) is 0.586. The number of hydrogen-bond acceptors (Lipinski definition) is 4. The van der Waals surface area contributed by atoms with Crippen molar-refractivity contribution in [2.45, 2.75) is 39.7 Å². The van der Waals surface area contributed by atoms with Crippen molar-refractivity contribution in [2.75, 3.05) is 0 Å². The Morgan fingerprint density at radius 1 is 1.19 bits per heavy atom. The number of nitrogens with zero attached hydrogens (tertiary/aromatic N) is 1. The fourth-order valence-corrected chi connectivity index (χ4v) is 4.06. The van der Waals surface area contributed by atoms with Crippen LogP contribution in [0.5, 0.6) is 11.5 Å². The van der Waals surface area contributed by atoms with Crippen molar-refractivity contribution in [3.63, 3.8) is 0 Å². The molecule has 170 valence electrons. The molecule has 3 aromatic rings. The molecule has 0 fully saturated rings. The zero-order chi connectivity index (χ0) is 23.7. The number of phenols is 1. The summed E-state index contributed by atoms with van der Waals surface area (Å²) in [5, 5.41) is 20.5. The highest BCUT2D eigenvalue weighted by atomic mass is 35.5. The van der Waals surface area contributed by atoms with Gasteiger partial charge in [-0.25, -0.2) is 0 Å². The van der Waals surface area contributed by atoms with Crippen LogP contribution in [0.4, 0.5) is 8.78 Å². The number of benzene rings is 2. The van der Waals surface area contributed by atoms with Crippen molar-refractivity contribution in [1.82, 2.24) is 4.57 Å². The second kappa shape index (κ2) is 9.16. The summed E-state index contributed by atoms with van der Waals surface area (Å²) in [6.45, 7) is 2.32. The maximum absolute atomic E-state index is 13.4. The predicted octanol–water partition coefficient (Wildman–Crippen LogP) is 5.81. The standard InChI is InChI=1S/C23H22ClF2NO5/c1-4-11(2)19(22(30)31)20-12(3)27(17-10-16(24)18(28)9-15(17)20)21(29)13-5-7-14(8-6-13)32-23(25)26/h5-11,19,23,28H,4H2,1-3H3,(H,30,31). The van der Waals surface area contributed by atoms with Crippen LogP contribution < -0.4 is 4.74 Å². The average Bonchev–Trinajstić information content (AvgIpc) is 2.99. The van der Waals surface area contributed by atoms with Crippen LogP contribution in [0.3, 0.4) is 0 Å². The number of ether oxygens (including phenoxy) is 1. The van der Waals surface area contributed by atoms with Crippen LogP contribution in [-0.2, 0) is 4.79 Å². The number of carbonyl (C=O) groups is 2. The van der Waals surface area contributed by atoms with E-state index in [1.165, 1.54) is 41.0 Å². The molecule has 0 bridgehead atoms. The first kappa shape index (κ1) is 23.5. The first-order valence-corrected chi connectivity index (χ1v) is 10.3. The van der Waals surface area contributed by atoms with Gasteiger partial charge in [0.2, 0.25) is 0 Å². The van der Waals surface area contributed by atoms with Crippen LogP contribution >= 0.6 is 11.6 Å². The van der Waals surface area contributed by atoms with E-state index in [9.17, 15) is 28.6 Å². The summed E-state index contributed by atoms with van der Waals surface area (Å²) in [4.78, 5) is 25.5. The predicted molar refractivity (Wildman–Crippen MR) is 116 cm³/mol. The van der Waals surface area contributed by atoms with Crippen LogP contribution in [0.1, 0.15) is 47.8 Å². The molecule has 0 aliphatic carbocycles. The highest BCUT2D eigenvalue weighted by Crippen LogP contribution is 2.41. The van der Waals surface area contributed by atoms with E-state index in [4.69, 9.17) is 11.6 Å². The Balaban J connectivity index is 2.23. The summed E-state index contributed by atoms with van der Waals surface area (Å²) >= 11 is 6.09. The molecule has 2 aromatic carbocycles. The zero-order valence-electron chi connectivity index (χ0n) is 17.6. The van der Waals surface area contributed by atoms with Gasteiger partial charge in [-0.15, -0.1) is 0 Å². The SMILES string of the molecule is CCC(C)C(C(=O)O)c1c(C)n(C(=O)c2ccc(OC(F)F)cc2)c2cc(Cl)c(O)cc12. The number of carboxylic acids is 1. The third kappa shape index (κ3) is 4.27. The monoisotopic (exact) mass is 465 g/mol. The molecular formula is C23H22ClF2NO5. The molecule has 2 N–H and O–H groups in total. The van der Waals surface area contributed by atoms with Crippen molar-refractivity contribution in [1.29, 1.82) is 0 Å². The van der Waals surface area contributed by atoms with E-state index >= 15 is 0 Å². The van der Waals surface area contributed by atoms with E-state index in [2.05, 4.69) is 4.74 Å². The summed E-state index contributed by atoms with van der Waals surface area (Å²) in [5.41, 5.74) is 1.33. The molecule has 2 unspecified atom stereocenters. The lowest BCUT2D eigenvalue weighted by molar-refractivity contribution is -0.140. The topological polar surface area (TPSA) is 88.8 Å². The highest BCUT2D eigenvalue weighted by molar-refractivity contribution is 6.33. The number of carbonyl (C=O) groups excluding carboxylic acids is 1. The maximum atomic E-state index is 13.4. The first-order valence-electron chi connectivity index (χ1n) is 9.92. The number of alkyl halides is 2. The number of hydrogen-bond donors (Lipinski definition) is 2. The molecule has 2 atom stereocenters. The average molecular weight is 466 g/mol. The van der Waals surface area contributed by atoms with Gasteiger partial charge >= 0.3 is 12.6 Å². The number of phenolic OH excluding ortho intramolecular Hbond substituents is 1. The Kier molecular flexibility index (Phi) is 6.74. The van der Waals surface area contributed by atoms with Crippen LogP contribution in [-0.4, -0.2) is 33.3 Å². The van der Waals surface area contributed by atoms with E-state index in [0.717, 1.165) is 0 Å². The lowest BCUT2D eigenvalue weighted by Crippen LogP contribution is -2.21. The van der Waals surface area contributed by atoms with Gasteiger partial charge in [0.15, 0.2) is 0 Å². The number of aromatic hydroxyl groups is 1. The molecule has 32 heavy (non-hydrogen) atoms. The number of aliphatic carboxylic acids is 1. The number of rotatable bonds is 7. The minimum atomic E-state index is -2.99. The van der Waals surface area contributed by atoms with E-state index < -0.39 is 24.4 Å². The van der Waals surface area contributed by atoms with Gasteiger partial charge in [0.25, 0.3) is 5.91 Å². The van der Waals surface area contributed by atoms with Gasteiger partial charge in [-0.05, 0) is 54.8 Å². The van der Waals surface area contributed by atoms with Crippen molar-refractivity contribution in [3.05, 3.63) is 58.2 Å². The van der Waals surface area contributed by atoms with Crippen molar-refractivity contribution >= 4 is 34.4 Å². The molecule has 0 saturated heterocycles. The molecule has 6 nitrogen and oxygen atoms in total. The van der Waals surface area contributed by atoms with E-state index in [1.807, 2.05) is 6.92 Å². The highest BCUT2D eigenvalue weighted by Gasteiger charge is 2.33. The third-order valence-electron chi connectivity index (χ3n) is 5.64. The molecule has 0 amide bonds. The third-order valence-corrected chi connectivity index (χ3v) is 5.94. The number of aromatic nitrogens is 1. The summed E-state index contributed by atoms with van der Waals surface area (Å²) < 4.78 is 30.5. The first-order chi connectivity index (χ1) is 15.1. The molecule has 0 saturated carbocycles. The van der Waals surface area contributed by atoms with Gasteiger partial charge in [-0.1, -0.05) is 31.9 Å².